The molecule has 2 aliphatic heterocycles. The van der Waals surface area contributed by atoms with Crippen LogP contribution in [0.1, 0.15) is 33.6 Å². The van der Waals surface area contributed by atoms with Crippen molar-refractivity contribution in [2.45, 2.75) is 45.7 Å². The van der Waals surface area contributed by atoms with Gasteiger partial charge in [0, 0.05) is 33.2 Å². The fourth-order valence-electron chi connectivity index (χ4n) is 3.51. The lowest BCUT2D eigenvalue weighted by molar-refractivity contribution is -0.139. The van der Waals surface area contributed by atoms with Crippen LogP contribution < -0.4 is 0 Å². The SMILES string of the molecule is CCCN(CCC)C(=O)CN1CC2CN(C)C(=O)C(C)N2C1=O. The number of nitrogens with zero attached hydrogens (tertiary/aromatic N) is 4. The van der Waals surface area contributed by atoms with Crippen molar-refractivity contribution in [3.05, 3.63) is 0 Å². The van der Waals surface area contributed by atoms with Crippen molar-refractivity contribution in [2.75, 3.05) is 39.8 Å². The number of hydrogen-bond acceptors (Lipinski definition) is 3. The molecule has 7 nitrogen and oxygen atoms in total. The Hall–Kier alpha value is -1.79. The molecule has 0 saturated carbocycles. The summed E-state index contributed by atoms with van der Waals surface area (Å²) in [6.45, 7) is 8.44. The lowest BCUT2D eigenvalue weighted by atomic mass is 10.1. The fourth-order valence-corrected chi connectivity index (χ4v) is 3.51. The second kappa shape index (κ2) is 7.19. The van der Waals surface area contributed by atoms with Crippen LogP contribution in [0.2, 0.25) is 0 Å². The minimum absolute atomic E-state index is 0.00534. The molecule has 2 unspecified atom stereocenters. The lowest BCUT2D eigenvalue weighted by Crippen LogP contribution is -2.59. The highest BCUT2D eigenvalue weighted by molar-refractivity contribution is 5.91. The number of rotatable bonds is 6. The van der Waals surface area contributed by atoms with E-state index in [9.17, 15) is 14.4 Å². The van der Waals surface area contributed by atoms with E-state index in [1.54, 1.807) is 28.7 Å². The number of likely N-dealkylation sites (N-methyl/N-ethyl adjacent to an activating group) is 1. The Morgan fingerprint density at radius 2 is 1.78 bits per heavy atom. The van der Waals surface area contributed by atoms with Gasteiger partial charge in [-0.25, -0.2) is 4.79 Å². The van der Waals surface area contributed by atoms with Crippen LogP contribution in [0.25, 0.3) is 0 Å². The normalized spacial score (nSPS) is 24.3. The maximum Gasteiger partial charge on any atom is 0.321 e. The molecule has 0 aromatic carbocycles. The van der Waals surface area contributed by atoms with Gasteiger partial charge >= 0.3 is 6.03 Å². The van der Waals surface area contributed by atoms with Gasteiger partial charge in [0.15, 0.2) is 0 Å². The monoisotopic (exact) mass is 324 g/mol. The van der Waals surface area contributed by atoms with Gasteiger partial charge in [0.2, 0.25) is 11.8 Å². The van der Waals surface area contributed by atoms with Crippen LogP contribution in [0.3, 0.4) is 0 Å². The summed E-state index contributed by atoms with van der Waals surface area (Å²) in [5, 5.41) is 0. The molecule has 2 heterocycles. The molecular formula is C16H28N4O3. The van der Waals surface area contributed by atoms with E-state index in [-0.39, 0.29) is 30.4 Å². The number of urea groups is 1. The van der Waals surface area contributed by atoms with Crippen LogP contribution >= 0.6 is 0 Å². The predicted octanol–water partition coefficient (Wildman–Crippen LogP) is 0.602. The van der Waals surface area contributed by atoms with Crippen molar-refractivity contribution >= 4 is 17.8 Å². The summed E-state index contributed by atoms with van der Waals surface area (Å²) in [6, 6.07) is -0.655. The highest BCUT2D eigenvalue weighted by Crippen LogP contribution is 2.24. The second-order valence-electron chi connectivity index (χ2n) is 6.50. The van der Waals surface area contributed by atoms with Crippen LogP contribution in [0.4, 0.5) is 4.79 Å². The van der Waals surface area contributed by atoms with Crippen molar-refractivity contribution < 1.29 is 14.4 Å². The Labute approximate surface area is 138 Å². The first-order valence-corrected chi connectivity index (χ1v) is 8.50. The Kier molecular flexibility index (Phi) is 5.49. The van der Waals surface area contributed by atoms with E-state index in [0.717, 1.165) is 25.9 Å². The van der Waals surface area contributed by atoms with Gasteiger partial charge in [-0.3, -0.25) is 9.59 Å². The first-order chi connectivity index (χ1) is 10.9. The van der Waals surface area contributed by atoms with E-state index in [2.05, 4.69) is 0 Å². The zero-order valence-electron chi connectivity index (χ0n) is 14.6. The van der Waals surface area contributed by atoms with E-state index in [0.29, 0.717) is 13.1 Å². The molecule has 23 heavy (non-hydrogen) atoms. The molecule has 2 saturated heterocycles. The third kappa shape index (κ3) is 3.43. The van der Waals surface area contributed by atoms with Crippen molar-refractivity contribution in [3.63, 3.8) is 0 Å². The van der Waals surface area contributed by atoms with Gasteiger partial charge in [-0.1, -0.05) is 13.8 Å². The minimum atomic E-state index is -0.450. The summed E-state index contributed by atoms with van der Waals surface area (Å²) >= 11 is 0. The van der Waals surface area contributed by atoms with Crippen LogP contribution in [-0.4, -0.2) is 89.3 Å². The summed E-state index contributed by atoms with van der Waals surface area (Å²) in [6.07, 6.45) is 1.82. The molecule has 2 rings (SSSR count). The van der Waals surface area contributed by atoms with E-state index < -0.39 is 6.04 Å². The van der Waals surface area contributed by atoms with Crippen molar-refractivity contribution in [2.24, 2.45) is 0 Å². The van der Waals surface area contributed by atoms with Gasteiger partial charge in [0.25, 0.3) is 0 Å². The summed E-state index contributed by atoms with van der Waals surface area (Å²) in [7, 11) is 1.76. The Morgan fingerprint density at radius 3 is 2.35 bits per heavy atom. The topological polar surface area (TPSA) is 64.2 Å². The first kappa shape index (κ1) is 17.6. The van der Waals surface area contributed by atoms with Crippen LogP contribution in [0, 0.1) is 0 Å². The molecule has 0 aromatic rings. The second-order valence-corrected chi connectivity index (χ2v) is 6.50. The maximum absolute atomic E-state index is 12.6. The largest absolute Gasteiger partial charge is 0.342 e. The highest BCUT2D eigenvalue weighted by Gasteiger charge is 2.47. The standard InChI is InChI=1S/C16H28N4O3/c1-5-7-18(8-6-2)14(21)11-19-10-13-9-17(4)15(22)12(3)20(13)16(19)23/h12-13H,5-11H2,1-4H3. The molecule has 0 radical (unpaired) electrons. The average molecular weight is 324 g/mol. The van der Waals surface area contributed by atoms with Crippen molar-refractivity contribution in [1.29, 1.82) is 0 Å². The molecule has 2 fully saturated rings. The van der Waals surface area contributed by atoms with Crippen molar-refractivity contribution in [3.8, 4) is 0 Å². The number of carbonyl (C=O) groups is 3. The number of piperazine rings is 1. The van der Waals surface area contributed by atoms with Gasteiger partial charge in [0.1, 0.15) is 12.6 Å². The molecule has 0 aromatic heterocycles. The zero-order chi connectivity index (χ0) is 17.1. The third-order valence-electron chi connectivity index (χ3n) is 4.62. The van der Waals surface area contributed by atoms with Gasteiger partial charge in [-0.2, -0.15) is 0 Å². The Morgan fingerprint density at radius 1 is 1.17 bits per heavy atom. The van der Waals surface area contributed by atoms with Crippen molar-refractivity contribution in [1.82, 2.24) is 19.6 Å². The maximum atomic E-state index is 12.6. The molecule has 0 spiro atoms. The highest BCUT2D eigenvalue weighted by atomic mass is 16.2. The molecule has 0 aliphatic carbocycles. The molecule has 0 N–H and O–H groups in total. The van der Waals surface area contributed by atoms with Gasteiger partial charge in [-0.15, -0.1) is 0 Å². The average Bonchev–Trinajstić information content (AvgIpc) is 2.80. The van der Waals surface area contributed by atoms with Gasteiger partial charge in [0.05, 0.1) is 6.04 Å². The summed E-state index contributed by atoms with van der Waals surface area (Å²) < 4.78 is 0. The molecule has 4 amide bonds. The predicted molar refractivity (Wildman–Crippen MR) is 86.9 cm³/mol. The number of fused-ring (bicyclic) bond motifs is 1. The smallest absolute Gasteiger partial charge is 0.321 e. The van der Waals surface area contributed by atoms with Crippen LogP contribution in [0.15, 0.2) is 0 Å². The number of carbonyl (C=O) groups excluding carboxylic acids is 3. The quantitative estimate of drug-likeness (QED) is 0.719. The van der Waals surface area contributed by atoms with E-state index in [1.807, 2.05) is 18.7 Å². The fraction of sp³-hybridized carbons (Fsp3) is 0.812. The van der Waals surface area contributed by atoms with E-state index in [4.69, 9.17) is 0 Å². The van der Waals surface area contributed by atoms with E-state index in [1.165, 1.54) is 0 Å². The van der Waals surface area contributed by atoms with Crippen LogP contribution in [0.5, 0.6) is 0 Å². The summed E-state index contributed by atoms with van der Waals surface area (Å²) in [5.41, 5.74) is 0. The summed E-state index contributed by atoms with van der Waals surface area (Å²) in [5.74, 6) is -0.0457. The minimum Gasteiger partial charge on any atom is -0.342 e. The molecule has 2 aliphatic rings. The van der Waals surface area contributed by atoms with Gasteiger partial charge < -0.3 is 19.6 Å². The third-order valence-corrected chi connectivity index (χ3v) is 4.62. The lowest BCUT2D eigenvalue weighted by Gasteiger charge is -2.38. The summed E-state index contributed by atoms with van der Waals surface area (Å²) in [4.78, 5) is 43.8. The molecule has 0 bridgehead atoms. The van der Waals surface area contributed by atoms with E-state index >= 15 is 0 Å². The first-order valence-electron chi connectivity index (χ1n) is 8.50. The van der Waals surface area contributed by atoms with Crippen LogP contribution in [-0.2, 0) is 9.59 Å². The van der Waals surface area contributed by atoms with Gasteiger partial charge in [-0.05, 0) is 19.8 Å². The molecule has 7 heteroatoms. The molecule has 2 atom stereocenters. The number of hydrogen-bond donors (Lipinski definition) is 0. The Balaban J connectivity index is 2.03. The number of amides is 4. The zero-order valence-corrected chi connectivity index (χ0v) is 14.6. The Bertz CT molecular complexity index is 476. The molecular weight excluding hydrogens is 296 g/mol. The molecule has 130 valence electrons.